The molecule has 21 heteroatoms. The Hall–Kier alpha value is -6.81. The highest BCUT2D eigenvalue weighted by atomic mass is 16.6. The third-order valence-electron chi connectivity index (χ3n) is 10.0. The number of benzene rings is 2. The molecule has 0 radical (unpaired) electrons. The number of cyclic esters (lactones) is 4. The molecule has 2 atom stereocenters. The van der Waals surface area contributed by atoms with Gasteiger partial charge in [0.05, 0.1) is 46.4 Å². The first-order valence-corrected chi connectivity index (χ1v) is 22.5. The number of rotatable bonds is 12. The fraction of sp³-hybridized carbons (Fsp3) is 0.479. The third-order valence-corrected chi connectivity index (χ3v) is 10.0. The number of carbonyl (C=O) groups is 5. The van der Waals surface area contributed by atoms with Crippen molar-refractivity contribution in [3.63, 3.8) is 0 Å². The minimum absolute atomic E-state index is 0.118. The van der Waals surface area contributed by atoms with E-state index in [1.807, 2.05) is 85.4 Å². The van der Waals surface area contributed by atoms with Crippen molar-refractivity contribution in [1.29, 1.82) is 0 Å². The first-order chi connectivity index (χ1) is 32.5. The Labute approximate surface area is 398 Å². The normalized spacial score (nSPS) is 16.1. The average Bonchev–Trinajstić information content (AvgIpc) is 3.82. The quantitative estimate of drug-likeness (QED) is 0.0936. The number of ether oxygens (including phenoxy) is 6. The maximum absolute atomic E-state index is 12.3. The summed E-state index contributed by atoms with van der Waals surface area (Å²) in [6.07, 6.45) is -1.49. The van der Waals surface area contributed by atoms with Crippen molar-refractivity contribution in [3.8, 4) is 0 Å². The molecule has 0 aliphatic carbocycles. The molecule has 2 unspecified atom stereocenters. The number of aromatic nitrogens is 6. The molecule has 372 valence electrons. The molecule has 2 aliphatic heterocycles. The number of nitrogens with one attached hydrogen (secondary N) is 1. The maximum Gasteiger partial charge on any atom is 0.347 e. The lowest BCUT2D eigenvalue weighted by Crippen LogP contribution is -2.40. The van der Waals surface area contributed by atoms with E-state index in [1.165, 1.54) is 13.8 Å². The summed E-state index contributed by atoms with van der Waals surface area (Å²) in [5.41, 5.74) is 8.84. The lowest BCUT2D eigenvalue weighted by atomic mass is 10.1. The van der Waals surface area contributed by atoms with Gasteiger partial charge < -0.3 is 58.8 Å². The Morgan fingerprint density at radius 1 is 0.725 bits per heavy atom. The number of imidazole rings is 2. The summed E-state index contributed by atoms with van der Waals surface area (Å²) in [7, 11) is 0. The largest absolute Gasteiger partial charge is 0.451 e. The standard InChI is InChI=1S/C21H28N4O3.C17H22N4O2.C6H8O4.C4H4O4/c1-6-28-11-16-23-17-18(25(16)12-21(4,5)27)14-9-7-8-10-15(14)22-19(17)24-20(26)13(2)3;1-4-23-9-13-20-14-15(21(13)10-17(2,3)22)11-7-5-6-8-12(11)19-16(14)18;1-3-5(7)10-4(2)6(8)9-3;5-3-1-7-4(6)2-8-3/h7-10,13,27H,6,11-12H2,1-5H3,(H,22,24,26);5-8,22H,4,9-10H2,1-3H3,(H2,18,19);3-4H,1-2H3;1-2H2. The van der Waals surface area contributed by atoms with Crippen LogP contribution in [-0.4, -0.2) is 119 Å². The van der Waals surface area contributed by atoms with Crippen LogP contribution in [0.2, 0.25) is 0 Å². The second kappa shape index (κ2) is 23.0. The molecule has 6 heterocycles. The monoisotopic (exact) mass is 958 g/mol. The van der Waals surface area contributed by atoms with Crippen LogP contribution in [0.3, 0.4) is 0 Å². The molecule has 4 aromatic heterocycles. The summed E-state index contributed by atoms with van der Waals surface area (Å²) < 4.78 is 32.8. The van der Waals surface area contributed by atoms with Gasteiger partial charge in [-0.2, -0.15) is 0 Å². The molecule has 2 aliphatic rings. The molecule has 5 N–H and O–H groups in total. The van der Waals surface area contributed by atoms with Gasteiger partial charge in [-0.15, -0.1) is 0 Å². The fourth-order valence-electron chi connectivity index (χ4n) is 6.86. The minimum Gasteiger partial charge on any atom is -0.451 e. The first kappa shape index (κ1) is 53.1. The number of nitrogen functional groups attached to an aromatic ring is 1. The van der Waals surface area contributed by atoms with Crippen LogP contribution in [0.1, 0.15) is 80.9 Å². The zero-order chi connectivity index (χ0) is 50.8. The second-order valence-corrected chi connectivity index (χ2v) is 17.6. The number of para-hydroxylation sites is 2. The van der Waals surface area contributed by atoms with E-state index >= 15 is 0 Å². The number of aliphatic hydroxyl groups is 2. The first-order valence-electron chi connectivity index (χ1n) is 22.5. The summed E-state index contributed by atoms with van der Waals surface area (Å²) in [6.45, 7) is 19.7. The molecule has 21 nitrogen and oxygen atoms in total. The number of pyridine rings is 2. The topological polar surface area (TPSA) is 281 Å². The molecule has 2 aromatic carbocycles. The van der Waals surface area contributed by atoms with E-state index in [-0.39, 0.29) is 25.0 Å². The van der Waals surface area contributed by atoms with Crippen LogP contribution < -0.4 is 11.1 Å². The molecule has 0 spiro atoms. The molecule has 1 amide bonds. The molecule has 8 rings (SSSR count). The number of nitrogens with zero attached hydrogens (tertiary/aromatic N) is 6. The maximum atomic E-state index is 12.3. The Balaban J connectivity index is 0.000000192. The Bertz CT molecular complexity index is 2760. The summed E-state index contributed by atoms with van der Waals surface area (Å²) in [6, 6.07) is 15.6. The Morgan fingerprint density at radius 2 is 1.14 bits per heavy atom. The van der Waals surface area contributed by atoms with Crippen LogP contribution in [0.15, 0.2) is 48.5 Å². The van der Waals surface area contributed by atoms with Crippen molar-refractivity contribution in [1.82, 2.24) is 29.1 Å². The van der Waals surface area contributed by atoms with Gasteiger partial charge in [0.2, 0.25) is 5.91 Å². The Morgan fingerprint density at radius 3 is 1.57 bits per heavy atom. The van der Waals surface area contributed by atoms with Gasteiger partial charge in [-0.25, -0.2) is 39.1 Å². The van der Waals surface area contributed by atoms with E-state index in [2.05, 4.69) is 39.2 Å². The van der Waals surface area contributed by atoms with Crippen LogP contribution in [0.5, 0.6) is 0 Å². The summed E-state index contributed by atoms with van der Waals surface area (Å²) in [5.74, 6) is 0.0437. The van der Waals surface area contributed by atoms with Gasteiger partial charge in [0.15, 0.2) is 37.1 Å². The van der Waals surface area contributed by atoms with Gasteiger partial charge in [-0.1, -0.05) is 50.2 Å². The van der Waals surface area contributed by atoms with E-state index in [0.29, 0.717) is 68.0 Å². The minimum atomic E-state index is -0.944. The third kappa shape index (κ3) is 14.1. The number of esters is 4. The summed E-state index contributed by atoms with van der Waals surface area (Å²) in [5, 5.41) is 25.6. The SMILES string of the molecule is CC1OC(=O)C(C)OC1=O.CCOCc1nc2c(N)nc3ccccc3c2n1CC(C)(C)O.CCOCc1nc2c(NC(=O)C(C)C)nc3ccccc3c2n1CC(C)(C)O.O=C1COC(=O)CO1. The van der Waals surface area contributed by atoms with Gasteiger partial charge in [0.25, 0.3) is 0 Å². The summed E-state index contributed by atoms with van der Waals surface area (Å²) >= 11 is 0. The number of amides is 1. The van der Waals surface area contributed by atoms with Crippen molar-refractivity contribution in [3.05, 3.63) is 60.2 Å². The lowest BCUT2D eigenvalue weighted by Gasteiger charge is -2.22. The summed E-state index contributed by atoms with van der Waals surface area (Å²) in [4.78, 5) is 72.3. The van der Waals surface area contributed by atoms with Gasteiger partial charge in [-0.3, -0.25) is 4.79 Å². The van der Waals surface area contributed by atoms with Crippen LogP contribution in [0.25, 0.3) is 43.9 Å². The van der Waals surface area contributed by atoms with E-state index in [9.17, 15) is 34.2 Å². The lowest BCUT2D eigenvalue weighted by molar-refractivity contribution is -0.191. The van der Waals surface area contributed by atoms with Crippen molar-refractivity contribution < 1.29 is 62.6 Å². The van der Waals surface area contributed by atoms with Gasteiger partial charge in [0.1, 0.15) is 35.9 Å². The molecular formula is C48H62N8O13. The number of fused-ring (bicyclic) bond motifs is 6. The van der Waals surface area contributed by atoms with Crippen molar-refractivity contribution in [2.75, 3.05) is 37.5 Å². The molecule has 2 saturated heterocycles. The highest BCUT2D eigenvalue weighted by Crippen LogP contribution is 2.33. The predicted octanol–water partition coefficient (Wildman–Crippen LogP) is 4.91. The molecular weight excluding hydrogens is 897 g/mol. The highest BCUT2D eigenvalue weighted by molar-refractivity contribution is 6.10. The van der Waals surface area contributed by atoms with Crippen LogP contribution in [-0.2, 0) is 78.7 Å². The van der Waals surface area contributed by atoms with Crippen LogP contribution >= 0.6 is 0 Å². The number of hydrogen-bond donors (Lipinski definition) is 4. The van der Waals surface area contributed by atoms with Gasteiger partial charge >= 0.3 is 23.9 Å². The highest BCUT2D eigenvalue weighted by Gasteiger charge is 2.32. The molecule has 69 heavy (non-hydrogen) atoms. The number of hydrogen-bond acceptors (Lipinski definition) is 18. The second-order valence-electron chi connectivity index (χ2n) is 17.6. The zero-order valence-corrected chi connectivity index (χ0v) is 40.7. The van der Waals surface area contributed by atoms with Crippen molar-refractivity contribution >= 4 is 85.3 Å². The smallest absolute Gasteiger partial charge is 0.347 e. The number of nitrogens with two attached hydrogens (primary N) is 1. The number of carbonyl (C=O) groups excluding carboxylic acids is 5. The van der Waals surface area contributed by atoms with Crippen LogP contribution in [0, 0.1) is 5.92 Å². The van der Waals surface area contributed by atoms with E-state index < -0.39 is 47.3 Å². The predicted molar refractivity (Wildman–Crippen MR) is 254 cm³/mol. The fourth-order valence-corrected chi connectivity index (χ4v) is 6.86. The van der Waals surface area contributed by atoms with E-state index in [1.54, 1.807) is 27.7 Å². The Kier molecular flexibility index (Phi) is 17.7. The van der Waals surface area contributed by atoms with Crippen LogP contribution in [0.4, 0.5) is 11.6 Å². The molecule has 0 bridgehead atoms. The zero-order valence-electron chi connectivity index (χ0n) is 40.7. The molecule has 2 fully saturated rings. The average molecular weight is 959 g/mol. The molecule has 6 aromatic rings. The van der Waals surface area contributed by atoms with Gasteiger partial charge in [-0.05, 0) is 67.5 Å². The van der Waals surface area contributed by atoms with Gasteiger partial charge in [0, 0.05) is 29.9 Å². The molecule has 0 saturated carbocycles. The van der Waals surface area contributed by atoms with E-state index in [0.717, 1.165) is 38.7 Å². The van der Waals surface area contributed by atoms with E-state index in [4.69, 9.17) is 20.2 Å². The van der Waals surface area contributed by atoms with Crippen molar-refractivity contribution in [2.45, 2.75) is 119 Å². The van der Waals surface area contributed by atoms with Crippen molar-refractivity contribution in [2.24, 2.45) is 5.92 Å². The number of anilines is 2.